The summed E-state index contributed by atoms with van der Waals surface area (Å²) in [6, 6.07) is 10.9. The van der Waals surface area contributed by atoms with E-state index in [1.54, 1.807) is 0 Å². The summed E-state index contributed by atoms with van der Waals surface area (Å²) >= 11 is 0. The molecule has 0 unspecified atom stereocenters. The van der Waals surface area contributed by atoms with E-state index in [1.807, 2.05) is 0 Å². The molecule has 0 radical (unpaired) electrons. The number of nitrogens with zero attached hydrogens (tertiary/aromatic N) is 1. The molecule has 0 saturated carbocycles. The average Bonchev–Trinajstić information content (AvgIpc) is 2.69. The number of rotatable bonds is 19. The van der Waals surface area contributed by atoms with E-state index in [9.17, 15) is 0 Å². The lowest BCUT2D eigenvalue weighted by Crippen LogP contribution is -3.00. The maximum atomic E-state index is 2.41. The number of aryl methyl sites for hydroxylation is 1. The molecule has 1 rings (SSSR count). The molecule has 0 amide bonds. The highest BCUT2D eigenvalue weighted by Crippen LogP contribution is 2.14. The van der Waals surface area contributed by atoms with Gasteiger partial charge in [-0.25, -0.2) is 0 Å². The van der Waals surface area contributed by atoms with Crippen LogP contribution in [0.1, 0.15) is 109 Å². The normalized spacial score (nSPS) is 11.4. The molecule has 0 N–H and O–H groups in total. The molecule has 0 aliphatic carbocycles. The summed E-state index contributed by atoms with van der Waals surface area (Å²) in [6.45, 7) is 4.94. The topological polar surface area (TPSA) is 0 Å². The van der Waals surface area contributed by atoms with Crippen LogP contribution in [0.15, 0.2) is 30.3 Å². The molecule has 170 valence electrons. The van der Waals surface area contributed by atoms with Crippen molar-refractivity contribution >= 4 is 0 Å². The first kappa shape index (κ1) is 28.5. The van der Waals surface area contributed by atoms with Crippen molar-refractivity contribution in [3.8, 4) is 0 Å². The molecule has 1 nitrogen and oxygen atoms in total. The third-order valence-corrected chi connectivity index (χ3v) is 6.19. The third-order valence-electron chi connectivity index (χ3n) is 6.19. The monoisotopic (exact) mass is 423 g/mol. The van der Waals surface area contributed by atoms with Crippen LogP contribution in [-0.2, 0) is 6.42 Å². The largest absolute Gasteiger partial charge is 1.00 e. The number of benzene rings is 1. The summed E-state index contributed by atoms with van der Waals surface area (Å²) in [5.74, 6) is 0. The SMILES string of the molecule is CCCCCCCCCCCCCCCC[N+](C)(C)CCCc1ccccc1.[Cl-]. The number of quaternary nitrogens is 1. The van der Waals surface area contributed by atoms with Crippen molar-refractivity contribution in [3.05, 3.63) is 35.9 Å². The Kier molecular flexibility index (Phi) is 19.1. The number of halogens is 1. The number of hydrogen-bond donors (Lipinski definition) is 0. The second-order valence-corrected chi connectivity index (χ2v) is 9.57. The van der Waals surface area contributed by atoms with Crippen molar-refractivity contribution in [2.45, 2.75) is 110 Å². The Hall–Kier alpha value is -0.530. The van der Waals surface area contributed by atoms with Gasteiger partial charge in [-0.2, -0.15) is 0 Å². The molecule has 0 spiro atoms. The van der Waals surface area contributed by atoms with Crippen LogP contribution in [0.5, 0.6) is 0 Å². The van der Waals surface area contributed by atoms with E-state index in [0.29, 0.717) is 0 Å². The van der Waals surface area contributed by atoms with E-state index in [0.717, 1.165) is 0 Å². The lowest BCUT2D eigenvalue weighted by Gasteiger charge is -2.30. The maximum Gasteiger partial charge on any atom is 0.0785 e. The van der Waals surface area contributed by atoms with Gasteiger partial charge in [0.2, 0.25) is 0 Å². The molecule has 0 bridgehead atoms. The fourth-order valence-corrected chi connectivity index (χ4v) is 4.20. The second kappa shape index (κ2) is 19.4. The minimum atomic E-state index is 0. The zero-order chi connectivity index (χ0) is 20.3. The van der Waals surface area contributed by atoms with Crippen molar-refractivity contribution in [1.29, 1.82) is 0 Å². The van der Waals surface area contributed by atoms with Crippen LogP contribution in [0.25, 0.3) is 0 Å². The minimum absolute atomic E-state index is 0. The number of unbranched alkanes of at least 4 members (excludes halogenated alkanes) is 13. The Balaban J connectivity index is 0.00000784. The van der Waals surface area contributed by atoms with Gasteiger partial charge in [0.05, 0.1) is 27.2 Å². The lowest BCUT2D eigenvalue weighted by molar-refractivity contribution is -0.890. The van der Waals surface area contributed by atoms with Gasteiger partial charge in [0.1, 0.15) is 0 Å². The molecule has 0 aromatic heterocycles. The maximum absolute atomic E-state index is 2.41. The molecule has 0 atom stereocenters. The molecule has 1 aromatic rings. The fourth-order valence-electron chi connectivity index (χ4n) is 4.20. The third kappa shape index (κ3) is 18.0. The molecule has 0 fully saturated rings. The van der Waals surface area contributed by atoms with Crippen LogP contribution in [0.4, 0.5) is 0 Å². The Bertz CT molecular complexity index is 443. The fraction of sp³-hybridized carbons (Fsp3) is 0.778. The van der Waals surface area contributed by atoms with Gasteiger partial charge < -0.3 is 16.9 Å². The van der Waals surface area contributed by atoms with Gasteiger partial charge in [-0.15, -0.1) is 0 Å². The van der Waals surface area contributed by atoms with E-state index in [1.165, 1.54) is 126 Å². The van der Waals surface area contributed by atoms with Crippen molar-refractivity contribution < 1.29 is 16.9 Å². The van der Waals surface area contributed by atoms with E-state index < -0.39 is 0 Å². The summed E-state index contributed by atoms with van der Waals surface area (Å²) in [5.41, 5.74) is 1.49. The smallest absolute Gasteiger partial charge is 0.0785 e. The molecule has 1 aromatic carbocycles. The van der Waals surface area contributed by atoms with Crippen molar-refractivity contribution in [1.82, 2.24) is 0 Å². The van der Waals surface area contributed by atoms with Crippen LogP contribution < -0.4 is 12.4 Å². The van der Waals surface area contributed by atoms with Crippen LogP contribution >= 0.6 is 0 Å². The van der Waals surface area contributed by atoms with Gasteiger partial charge in [-0.1, -0.05) is 114 Å². The zero-order valence-corrected chi connectivity index (χ0v) is 20.7. The Morgan fingerprint density at radius 2 is 0.966 bits per heavy atom. The molecular weight excluding hydrogens is 374 g/mol. The van der Waals surface area contributed by atoms with Gasteiger partial charge in [0.15, 0.2) is 0 Å². The van der Waals surface area contributed by atoms with Gasteiger partial charge in [0.25, 0.3) is 0 Å². The average molecular weight is 424 g/mol. The summed E-state index contributed by atoms with van der Waals surface area (Å²) in [7, 11) is 4.82. The summed E-state index contributed by atoms with van der Waals surface area (Å²) < 4.78 is 1.19. The summed E-state index contributed by atoms with van der Waals surface area (Å²) in [4.78, 5) is 0. The minimum Gasteiger partial charge on any atom is -1.00 e. The highest BCUT2D eigenvalue weighted by molar-refractivity contribution is 5.14. The predicted molar refractivity (Wildman–Crippen MR) is 127 cm³/mol. The van der Waals surface area contributed by atoms with Crippen molar-refractivity contribution in [2.75, 3.05) is 27.2 Å². The zero-order valence-electron chi connectivity index (χ0n) is 19.9. The molecule has 29 heavy (non-hydrogen) atoms. The summed E-state index contributed by atoms with van der Waals surface area (Å²) in [5, 5.41) is 0. The molecule has 2 heteroatoms. The van der Waals surface area contributed by atoms with E-state index >= 15 is 0 Å². The first-order valence-electron chi connectivity index (χ1n) is 12.5. The van der Waals surface area contributed by atoms with Crippen LogP contribution in [-0.4, -0.2) is 31.7 Å². The Labute approximate surface area is 189 Å². The molecule has 0 aliphatic heterocycles. The van der Waals surface area contributed by atoms with Crippen LogP contribution in [0.3, 0.4) is 0 Å². The highest BCUT2D eigenvalue weighted by Gasteiger charge is 2.13. The lowest BCUT2D eigenvalue weighted by atomic mass is 10.0. The molecule has 0 aliphatic rings. The predicted octanol–water partition coefficient (Wildman–Crippen LogP) is 5.18. The van der Waals surface area contributed by atoms with Gasteiger partial charge >= 0.3 is 0 Å². The molecule has 0 saturated heterocycles. The van der Waals surface area contributed by atoms with Gasteiger partial charge in [-0.05, 0) is 24.8 Å². The standard InChI is InChI=1S/C27H50N.ClH/c1-4-5-6-7-8-9-10-11-12-13-14-15-16-20-25-28(2,3)26-21-24-27-22-18-17-19-23-27;/h17-19,22-23H,4-16,20-21,24-26H2,1-3H3;1H/q+1;/p-1. The first-order chi connectivity index (χ1) is 13.6. The Morgan fingerprint density at radius 1 is 0.552 bits per heavy atom. The molecule has 0 heterocycles. The second-order valence-electron chi connectivity index (χ2n) is 9.57. The quantitative estimate of drug-likeness (QED) is 0.212. The number of hydrogen-bond acceptors (Lipinski definition) is 0. The molecular formula is C27H50ClN. The van der Waals surface area contributed by atoms with E-state index in [-0.39, 0.29) is 12.4 Å². The first-order valence-corrected chi connectivity index (χ1v) is 12.5. The Morgan fingerprint density at radius 3 is 1.45 bits per heavy atom. The van der Waals surface area contributed by atoms with Gasteiger partial charge in [-0.3, -0.25) is 0 Å². The van der Waals surface area contributed by atoms with Crippen LogP contribution in [0, 0.1) is 0 Å². The highest BCUT2D eigenvalue weighted by atomic mass is 35.5. The van der Waals surface area contributed by atoms with Crippen molar-refractivity contribution in [3.63, 3.8) is 0 Å². The van der Waals surface area contributed by atoms with Gasteiger partial charge in [0, 0.05) is 6.42 Å². The summed E-state index contributed by atoms with van der Waals surface area (Å²) in [6.07, 6.45) is 22.8. The van der Waals surface area contributed by atoms with Crippen molar-refractivity contribution in [2.24, 2.45) is 0 Å². The van der Waals surface area contributed by atoms with E-state index in [2.05, 4.69) is 51.4 Å². The van der Waals surface area contributed by atoms with E-state index in [4.69, 9.17) is 0 Å². The van der Waals surface area contributed by atoms with Crippen LogP contribution in [0.2, 0.25) is 0 Å².